The maximum absolute atomic E-state index is 10.5. The van der Waals surface area contributed by atoms with Crippen molar-refractivity contribution in [2.45, 2.75) is 13.3 Å². The Morgan fingerprint density at radius 2 is 2.19 bits per heavy atom. The van der Waals surface area contributed by atoms with Crippen LogP contribution in [0.2, 0.25) is 10.0 Å². The van der Waals surface area contributed by atoms with Gasteiger partial charge in [-0.3, -0.25) is 0 Å². The number of nitrogens with one attached hydrogen (secondary N) is 1. The highest BCUT2D eigenvalue weighted by Crippen LogP contribution is 2.24. The number of nitro groups is 1. The summed E-state index contributed by atoms with van der Waals surface area (Å²) in [5, 5.41) is 14.9. The molecule has 0 aromatic heterocycles. The Bertz CT molecular complexity index is 435. The van der Waals surface area contributed by atoms with Gasteiger partial charge in [-0.05, 0) is 23.1 Å². The van der Waals surface area contributed by atoms with Crippen LogP contribution in [0.1, 0.15) is 13.3 Å². The van der Waals surface area contributed by atoms with Gasteiger partial charge in [0.25, 0.3) is 0 Å². The van der Waals surface area contributed by atoms with E-state index in [2.05, 4.69) is 10.5 Å². The second kappa shape index (κ2) is 5.67. The second-order valence-electron chi connectivity index (χ2n) is 2.88. The zero-order chi connectivity index (χ0) is 12.1. The Balaban J connectivity index is 2.81. The van der Waals surface area contributed by atoms with Crippen molar-refractivity contribution in [2.75, 3.05) is 5.43 Å². The molecule has 16 heavy (non-hydrogen) atoms. The van der Waals surface area contributed by atoms with Gasteiger partial charge in [0, 0.05) is 0 Å². The van der Waals surface area contributed by atoms with Gasteiger partial charge in [-0.25, -0.2) is 0 Å². The maximum Gasteiger partial charge on any atom is 0.363 e. The Labute approximate surface area is 102 Å². The molecule has 0 aliphatic heterocycles. The summed E-state index contributed by atoms with van der Waals surface area (Å²) in [4.78, 5) is 9.92. The van der Waals surface area contributed by atoms with E-state index in [1.807, 2.05) is 0 Å². The molecule has 0 amide bonds. The molecular weight excluding hydrogens is 253 g/mol. The Morgan fingerprint density at radius 3 is 2.69 bits per heavy atom. The third kappa shape index (κ3) is 3.36. The van der Waals surface area contributed by atoms with Crippen molar-refractivity contribution in [3.8, 4) is 0 Å². The SMILES string of the molecule is CCC(=NNc1ccc(Cl)c(Cl)c1)[N+](=O)[O-]. The standard InChI is InChI=1S/C9H9Cl2N3O2/c1-2-9(14(15)16)13-12-6-3-4-7(10)8(11)5-6/h3-5,12H,2H2,1H3. The molecule has 0 aliphatic rings. The molecule has 0 fully saturated rings. The van der Waals surface area contributed by atoms with Crippen molar-refractivity contribution in [2.24, 2.45) is 5.10 Å². The highest BCUT2D eigenvalue weighted by atomic mass is 35.5. The van der Waals surface area contributed by atoms with Gasteiger partial charge >= 0.3 is 5.84 Å². The highest BCUT2D eigenvalue weighted by molar-refractivity contribution is 6.42. The first kappa shape index (κ1) is 12.7. The van der Waals surface area contributed by atoms with E-state index in [0.717, 1.165) is 0 Å². The molecule has 1 aromatic rings. The van der Waals surface area contributed by atoms with Crippen LogP contribution in [0.5, 0.6) is 0 Å². The van der Waals surface area contributed by atoms with Gasteiger partial charge in [0.1, 0.15) is 0 Å². The van der Waals surface area contributed by atoms with E-state index in [0.29, 0.717) is 15.7 Å². The zero-order valence-corrected chi connectivity index (χ0v) is 9.92. The average molecular weight is 262 g/mol. The van der Waals surface area contributed by atoms with Crippen LogP contribution < -0.4 is 5.43 Å². The van der Waals surface area contributed by atoms with E-state index in [-0.39, 0.29) is 12.3 Å². The van der Waals surface area contributed by atoms with Gasteiger partial charge in [-0.15, -0.1) is 0 Å². The Kier molecular flexibility index (Phi) is 4.52. The van der Waals surface area contributed by atoms with Gasteiger partial charge in [-0.1, -0.05) is 30.1 Å². The molecule has 0 saturated heterocycles. The topological polar surface area (TPSA) is 67.5 Å². The van der Waals surface area contributed by atoms with Crippen molar-refractivity contribution < 1.29 is 4.92 Å². The lowest BCUT2D eigenvalue weighted by Gasteiger charge is -1.99. The summed E-state index contributed by atoms with van der Waals surface area (Å²) < 4.78 is 0. The number of nitrogens with zero attached hydrogens (tertiary/aromatic N) is 2. The van der Waals surface area contributed by atoms with Crippen LogP contribution in [0.3, 0.4) is 0 Å². The number of hydrogen-bond donors (Lipinski definition) is 1. The van der Waals surface area contributed by atoms with Crippen LogP contribution in [0.25, 0.3) is 0 Å². The van der Waals surface area contributed by atoms with E-state index in [9.17, 15) is 10.1 Å². The first-order valence-electron chi connectivity index (χ1n) is 4.46. The lowest BCUT2D eigenvalue weighted by molar-refractivity contribution is -0.353. The number of amidine groups is 1. The minimum Gasteiger partial charge on any atom is -0.358 e. The van der Waals surface area contributed by atoms with Crippen molar-refractivity contribution in [3.05, 3.63) is 38.4 Å². The number of benzene rings is 1. The highest BCUT2D eigenvalue weighted by Gasteiger charge is 2.09. The van der Waals surface area contributed by atoms with Crippen molar-refractivity contribution in [1.29, 1.82) is 0 Å². The predicted octanol–water partition coefficient (Wildman–Crippen LogP) is 3.41. The van der Waals surface area contributed by atoms with Crippen LogP contribution in [0.4, 0.5) is 5.69 Å². The first-order chi connectivity index (χ1) is 7.54. The molecule has 0 spiro atoms. The van der Waals surface area contributed by atoms with Crippen LogP contribution in [-0.4, -0.2) is 10.8 Å². The maximum atomic E-state index is 10.5. The lowest BCUT2D eigenvalue weighted by atomic mass is 10.3. The van der Waals surface area contributed by atoms with Gasteiger partial charge in [0.2, 0.25) is 0 Å². The zero-order valence-electron chi connectivity index (χ0n) is 8.41. The predicted molar refractivity (Wildman–Crippen MR) is 64.8 cm³/mol. The first-order valence-corrected chi connectivity index (χ1v) is 5.22. The van der Waals surface area contributed by atoms with Crippen LogP contribution >= 0.6 is 23.2 Å². The molecule has 0 atom stereocenters. The number of halogens is 2. The number of hydrogen-bond acceptors (Lipinski definition) is 4. The summed E-state index contributed by atoms with van der Waals surface area (Å²) in [5.74, 6) is -0.147. The third-order valence-corrected chi connectivity index (χ3v) is 2.50. The van der Waals surface area contributed by atoms with E-state index in [1.54, 1.807) is 25.1 Å². The second-order valence-corrected chi connectivity index (χ2v) is 3.69. The smallest absolute Gasteiger partial charge is 0.358 e. The van der Waals surface area contributed by atoms with E-state index >= 15 is 0 Å². The summed E-state index contributed by atoms with van der Waals surface area (Å²) in [6.07, 6.45) is 0.237. The fourth-order valence-electron chi connectivity index (χ4n) is 0.944. The van der Waals surface area contributed by atoms with Crippen LogP contribution in [-0.2, 0) is 0 Å². The molecule has 1 N–H and O–H groups in total. The van der Waals surface area contributed by atoms with E-state index in [1.165, 1.54) is 0 Å². The van der Waals surface area contributed by atoms with Crippen molar-refractivity contribution in [1.82, 2.24) is 0 Å². The molecule has 0 bridgehead atoms. The van der Waals surface area contributed by atoms with Gasteiger partial charge in [0.05, 0.1) is 27.3 Å². The molecule has 0 aliphatic carbocycles. The third-order valence-electron chi connectivity index (χ3n) is 1.76. The number of hydrazone groups is 1. The summed E-state index contributed by atoms with van der Waals surface area (Å²) in [5.41, 5.74) is 3.09. The van der Waals surface area contributed by atoms with Gasteiger partial charge in [-0.2, -0.15) is 5.43 Å². The molecular formula is C9H9Cl2N3O2. The van der Waals surface area contributed by atoms with Crippen molar-refractivity contribution in [3.63, 3.8) is 0 Å². The van der Waals surface area contributed by atoms with Crippen LogP contribution in [0, 0.1) is 10.1 Å². The normalized spacial score (nSPS) is 11.3. The van der Waals surface area contributed by atoms with E-state index in [4.69, 9.17) is 23.2 Å². The molecule has 1 rings (SSSR count). The van der Waals surface area contributed by atoms with Crippen LogP contribution in [0.15, 0.2) is 23.3 Å². The molecule has 0 heterocycles. The summed E-state index contributed by atoms with van der Waals surface area (Å²) in [7, 11) is 0. The Hall–Kier alpha value is -1.33. The minimum absolute atomic E-state index is 0.147. The minimum atomic E-state index is -0.537. The number of rotatable bonds is 3. The molecule has 1 aromatic carbocycles. The molecule has 86 valence electrons. The molecule has 5 nitrogen and oxygen atoms in total. The molecule has 7 heteroatoms. The van der Waals surface area contributed by atoms with Gasteiger partial charge < -0.3 is 10.1 Å². The summed E-state index contributed by atoms with van der Waals surface area (Å²) in [6.45, 7) is 1.65. The van der Waals surface area contributed by atoms with Gasteiger partial charge in [0.15, 0.2) is 0 Å². The fraction of sp³-hybridized carbons (Fsp3) is 0.222. The molecule has 0 saturated carbocycles. The van der Waals surface area contributed by atoms with Crippen molar-refractivity contribution >= 4 is 34.7 Å². The summed E-state index contributed by atoms with van der Waals surface area (Å²) in [6, 6.07) is 4.76. The summed E-state index contributed by atoms with van der Waals surface area (Å²) >= 11 is 11.5. The monoisotopic (exact) mass is 261 g/mol. The lowest BCUT2D eigenvalue weighted by Crippen LogP contribution is -2.12. The Morgan fingerprint density at radius 1 is 1.50 bits per heavy atom. The molecule has 0 unspecified atom stereocenters. The number of anilines is 1. The molecule has 0 radical (unpaired) electrons. The van der Waals surface area contributed by atoms with E-state index < -0.39 is 4.92 Å². The fourth-order valence-corrected chi connectivity index (χ4v) is 1.24. The largest absolute Gasteiger partial charge is 0.363 e. The quantitative estimate of drug-likeness (QED) is 0.393. The average Bonchev–Trinajstić information content (AvgIpc) is 2.23.